The van der Waals surface area contributed by atoms with Gasteiger partial charge >= 0.3 is 0 Å². The van der Waals surface area contributed by atoms with Gasteiger partial charge in [0.1, 0.15) is 0 Å². The molecule has 0 aromatic heterocycles. The Kier molecular flexibility index (Phi) is 7.62. The molecule has 0 saturated carbocycles. The Hall–Kier alpha value is -1.19. The van der Waals surface area contributed by atoms with Crippen LogP contribution in [0.4, 0.5) is 0 Å². The summed E-state index contributed by atoms with van der Waals surface area (Å²) >= 11 is 6.27. The van der Waals surface area contributed by atoms with Crippen molar-refractivity contribution in [3.63, 3.8) is 0 Å². The Morgan fingerprint density at radius 2 is 2.05 bits per heavy atom. The van der Waals surface area contributed by atoms with Crippen molar-refractivity contribution in [3.05, 3.63) is 28.3 Å². The molecule has 118 valence electrons. The zero-order chi connectivity index (χ0) is 15.8. The second-order valence-corrected chi connectivity index (χ2v) is 5.57. The number of halogens is 1. The van der Waals surface area contributed by atoms with Gasteiger partial charge in [-0.05, 0) is 31.0 Å². The monoisotopic (exact) mass is 311 g/mol. The van der Waals surface area contributed by atoms with Crippen molar-refractivity contribution >= 4 is 17.7 Å². The number of ether oxygens (including phenoxy) is 2. The molecule has 0 aliphatic rings. The molecule has 1 rings (SSSR count). The molecule has 0 saturated heterocycles. The lowest BCUT2D eigenvalue weighted by Crippen LogP contribution is -2.24. The van der Waals surface area contributed by atoms with Crippen molar-refractivity contribution in [3.8, 4) is 11.5 Å². The van der Waals surface area contributed by atoms with Crippen LogP contribution in [-0.2, 0) is 0 Å². The first-order chi connectivity index (χ1) is 10.0. The van der Waals surface area contributed by atoms with E-state index in [0.29, 0.717) is 29.2 Å². The van der Waals surface area contributed by atoms with Crippen LogP contribution in [0.15, 0.2) is 17.7 Å². The van der Waals surface area contributed by atoms with Crippen molar-refractivity contribution in [2.75, 3.05) is 20.3 Å². The molecule has 4 heteroatoms. The molecule has 1 N–H and O–H groups in total. The summed E-state index contributed by atoms with van der Waals surface area (Å²) in [5.74, 6) is 1.28. The van der Waals surface area contributed by atoms with Gasteiger partial charge in [0.2, 0.25) is 0 Å². The summed E-state index contributed by atoms with van der Waals surface area (Å²) in [7, 11) is 1.60. The second-order valence-electron chi connectivity index (χ2n) is 5.16. The number of benzene rings is 1. The van der Waals surface area contributed by atoms with E-state index in [1.165, 1.54) is 5.57 Å². The Labute approximate surface area is 133 Å². The van der Waals surface area contributed by atoms with E-state index in [-0.39, 0.29) is 0 Å². The molecular formula is C17H26ClNO2. The number of nitrogens with one attached hydrogen (secondary N) is 1. The van der Waals surface area contributed by atoms with Gasteiger partial charge in [-0.3, -0.25) is 0 Å². The predicted molar refractivity (Wildman–Crippen MR) is 90.6 cm³/mol. The molecule has 0 heterocycles. The third kappa shape index (κ3) is 5.60. The topological polar surface area (TPSA) is 30.5 Å². The highest BCUT2D eigenvalue weighted by molar-refractivity contribution is 6.32. The van der Waals surface area contributed by atoms with E-state index in [1.807, 2.05) is 19.1 Å². The predicted octanol–water partition coefficient (Wildman–Crippen LogP) is 4.54. The molecule has 0 bridgehead atoms. The minimum absolute atomic E-state index is 0.471. The average molecular weight is 312 g/mol. The largest absolute Gasteiger partial charge is 0.491 e. The summed E-state index contributed by atoms with van der Waals surface area (Å²) in [6.07, 6.45) is 3.15. The van der Waals surface area contributed by atoms with Crippen LogP contribution in [0.2, 0.25) is 5.02 Å². The molecule has 0 radical (unpaired) electrons. The van der Waals surface area contributed by atoms with E-state index in [1.54, 1.807) is 7.11 Å². The number of hydrogen-bond acceptors (Lipinski definition) is 3. The van der Waals surface area contributed by atoms with Gasteiger partial charge in [-0.15, -0.1) is 0 Å². The smallest absolute Gasteiger partial charge is 0.179 e. The Morgan fingerprint density at radius 1 is 1.33 bits per heavy atom. The van der Waals surface area contributed by atoms with Crippen molar-refractivity contribution in [1.82, 2.24) is 5.32 Å². The first-order valence-electron chi connectivity index (χ1n) is 7.44. The highest BCUT2D eigenvalue weighted by atomic mass is 35.5. The summed E-state index contributed by atoms with van der Waals surface area (Å²) < 4.78 is 10.9. The molecule has 0 aliphatic carbocycles. The zero-order valence-electron chi connectivity index (χ0n) is 13.6. The van der Waals surface area contributed by atoms with Crippen LogP contribution < -0.4 is 14.8 Å². The maximum absolute atomic E-state index is 6.27. The first kappa shape index (κ1) is 17.9. The average Bonchev–Trinajstić information content (AvgIpc) is 2.43. The highest BCUT2D eigenvalue weighted by Crippen LogP contribution is 2.36. The lowest BCUT2D eigenvalue weighted by atomic mass is 10.1. The fourth-order valence-electron chi connectivity index (χ4n) is 1.98. The van der Waals surface area contributed by atoms with Gasteiger partial charge < -0.3 is 14.8 Å². The Balaban J connectivity index is 3.05. The lowest BCUT2D eigenvalue weighted by Gasteiger charge is -2.13. The third-order valence-electron chi connectivity index (χ3n) is 3.10. The van der Waals surface area contributed by atoms with Gasteiger partial charge in [0.25, 0.3) is 0 Å². The van der Waals surface area contributed by atoms with E-state index in [4.69, 9.17) is 21.1 Å². The summed E-state index contributed by atoms with van der Waals surface area (Å²) in [5, 5.41) is 4.01. The maximum atomic E-state index is 6.27. The first-order valence-corrected chi connectivity index (χ1v) is 7.82. The molecule has 0 spiro atoms. The van der Waals surface area contributed by atoms with Gasteiger partial charge in [0.05, 0.1) is 18.7 Å². The summed E-state index contributed by atoms with van der Waals surface area (Å²) in [4.78, 5) is 0. The van der Waals surface area contributed by atoms with Gasteiger partial charge in [-0.1, -0.05) is 44.0 Å². The van der Waals surface area contributed by atoms with E-state index < -0.39 is 0 Å². The molecule has 0 unspecified atom stereocenters. The van der Waals surface area contributed by atoms with Gasteiger partial charge in [0, 0.05) is 12.6 Å². The zero-order valence-corrected chi connectivity index (χ0v) is 14.4. The van der Waals surface area contributed by atoms with E-state index >= 15 is 0 Å². The molecule has 0 fully saturated rings. The van der Waals surface area contributed by atoms with Crippen molar-refractivity contribution in [2.45, 2.75) is 40.2 Å². The van der Waals surface area contributed by atoms with Gasteiger partial charge in [-0.25, -0.2) is 0 Å². The van der Waals surface area contributed by atoms with E-state index in [2.05, 4.69) is 32.2 Å². The SMILES string of the molecule is CCOc1cc(C=C(CC)CNC(C)C)cc(Cl)c1OC. The summed E-state index contributed by atoms with van der Waals surface area (Å²) in [5.41, 5.74) is 2.36. The molecule has 1 aromatic carbocycles. The Bertz CT molecular complexity index is 484. The van der Waals surface area contributed by atoms with Crippen molar-refractivity contribution in [1.29, 1.82) is 0 Å². The van der Waals surface area contributed by atoms with Gasteiger partial charge in [0.15, 0.2) is 11.5 Å². The fraction of sp³-hybridized carbons (Fsp3) is 0.529. The fourth-order valence-corrected chi connectivity index (χ4v) is 2.28. The minimum Gasteiger partial charge on any atom is -0.491 e. The number of rotatable bonds is 8. The standard InChI is InChI=1S/C17H26ClNO2/c1-6-13(11-19-12(3)4)8-14-9-15(18)17(20-5)16(10-14)21-7-2/h8-10,12,19H,6-7,11H2,1-5H3. The van der Waals surface area contributed by atoms with E-state index in [0.717, 1.165) is 18.5 Å². The van der Waals surface area contributed by atoms with Gasteiger partial charge in [-0.2, -0.15) is 0 Å². The quantitative estimate of drug-likeness (QED) is 0.764. The van der Waals surface area contributed by atoms with Crippen LogP contribution in [0.1, 0.15) is 39.7 Å². The maximum Gasteiger partial charge on any atom is 0.179 e. The van der Waals surface area contributed by atoms with Crippen LogP contribution in [0.25, 0.3) is 6.08 Å². The molecule has 0 amide bonds. The lowest BCUT2D eigenvalue weighted by molar-refractivity contribution is 0.311. The summed E-state index contributed by atoms with van der Waals surface area (Å²) in [6, 6.07) is 4.35. The second kappa shape index (κ2) is 8.96. The molecule has 0 aliphatic heterocycles. The molecule has 3 nitrogen and oxygen atoms in total. The normalized spacial score (nSPS) is 11.9. The molecule has 0 atom stereocenters. The van der Waals surface area contributed by atoms with E-state index in [9.17, 15) is 0 Å². The number of methoxy groups -OCH3 is 1. The van der Waals surface area contributed by atoms with Crippen LogP contribution >= 0.6 is 11.6 Å². The third-order valence-corrected chi connectivity index (χ3v) is 3.38. The van der Waals surface area contributed by atoms with Crippen molar-refractivity contribution < 1.29 is 9.47 Å². The Morgan fingerprint density at radius 3 is 2.57 bits per heavy atom. The number of hydrogen-bond donors (Lipinski definition) is 1. The van der Waals surface area contributed by atoms with Crippen LogP contribution in [0.5, 0.6) is 11.5 Å². The minimum atomic E-state index is 0.471. The molecule has 1 aromatic rings. The summed E-state index contributed by atoms with van der Waals surface area (Å²) in [6.45, 7) is 9.84. The molecular weight excluding hydrogens is 286 g/mol. The molecule has 21 heavy (non-hydrogen) atoms. The van der Waals surface area contributed by atoms with Crippen molar-refractivity contribution in [2.24, 2.45) is 0 Å². The van der Waals surface area contributed by atoms with Crippen LogP contribution in [0, 0.1) is 0 Å². The van der Waals surface area contributed by atoms with Crippen LogP contribution in [-0.4, -0.2) is 26.3 Å². The highest BCUT2D eigenvalue weighted by Gasteiger charge is 2.11. The van der Waals surface area contributed by atoms with Crippen LogP contribution in [0.3, 0.4) is 0 Å².